The molecule has 3 rings (SSSR count). The van der Waals surface area contributed by atoms with E-state index in [1.54, 1.807) is 4.31 Å². The predicted octanol–water partition coefficient (Wildman–Crippen LogP) is 2.77. The van der Waals surface area contributed by atoms with E-state index in [0.29, 0.717) is 37.9 Å². The van der Waals surface area contributed by atoms with Crippen molar-refractivity contribution in [3.63, 3.8) is 0 Å². The Kier molecular flexibility index (Phi) is 5.39. The Morgan fingerprint density at radius 2 is 1.80 bits per heavy atom. The van der Waals surface area contributed by atoms with Crippen molar-refractivity contribution in [1.82, 2.24) is 9.62 Å². The van der Waals surface area contributed by atoms with Crippen molar-refractivity contribution in [1.29, 1.82) is 0 Å². The van der Waals surface area contributed by atoms with E-state index in [-0.39, 0.29) is 17.7 Å². The van der Waals surface area contributed by atoms with Crippen LogP contribution in [0.4, 0.5) is 0 Å². The number of carbonyl (C=O) groups is 1. The van der Waals surface area contributed by atoms with Crippen molar-refractivity contribution in [2.75, 3.05) is 18.8 Å². The summed E-state index contributed by atoms with van der Waals surface area (Å²) in [6.07, 6.45) is 1.94. The molecule has 1 fully saturated rings. The number of nitrogens with one attached hydrogen (secondary N) is 1. The Balaban J connectivity index is 1.60. The predicted molar refractivity (Wildman–Crippen MR) is 100 cm³/mol. The lowest BCUT2D eigenvalue weighted by Crippen LogP contribution is -2.47. The number of nitrogens with zero attached hydrogens (tertiary/aromatic N) is 1. The summed E-state index contributed by atoms with van der Waals surface area (Å²) in [6.45, 7) is 2.82. The summed E-state index contributed by atoms with van der Waals surface area (Å²) in [5.41, 5.74) is 0.639. The average Bonchev–Trinajstić information content (AvgIpc) is 2.61. The molecular formula is C19H24N2O3S. The van der Waals surface area contributed by atoms with E-state index in [2.05, 4.69) is 5.32 Å². The van der Waals surface area contributed by atoms with Gasteiger partial charge in [-0.3, -0.25) is 4.79 Å². The number of fused-ring (bicyclic) bond motifs is 1. The van der Waals surface area contributed by atoms with Gasteiger partial charge in [0.05, 0.1) is 5.75 Å². The highest BCUT2D eigenvalue weighted by Crippen LogP contribution is 2.18. The minimum absolute atomic E-state index is 0.0204. The molecule has 0 aromatic heterocycles. The van der Waals surface area contributed by atoms with Crippen LogP contribution in [0.1, 0.15) is 36.5 Å². The van der Waals surface area contributed by atoms with Crippen molar-refractivity contribution in [3.05, 3.63) is 48.0 Å². The number of piperidine rings is 1. The second kappa shape index (κ2) is 7.54. The lowest BCUT2D eigenvalue weighted by atomic mass is 10.0. The van der Waals surface area contributed by atoms with E-state index < -0.39 is 10.0 Å². The summed E-state index contributed by atoms with van der Waals surface area (Å²) >= 11 is 0. The maximum Gasteiger partial charge on any atom is 0.251 e. The van der Waals surface area contributed by atoms with Crippen molar-refractivity contribution in [2.45, 2.75) is 32.2 Å². The molecule has 1 heterocycles. The van der Waals surface area contributed by atoms with Gasteiger partial charge < -0.3 is 5.32 Å². The molecule has 1 saturated heterocycles. The standard InChI is InChI=1S/C19H24N2O3S/c1-2-13-25(23,24)21-11-9-18(10-12-21)20-19(22)17-8-7-15-5-3-4-6-16(15)14-17/h3-8,14,18H,2,9-13H2,1H3,(H,20,22). The van der Waals surface area contributed by atoms with E-state index in [1.165, 1.54) is 0 Å². The summed E-state index contributed by atoms with van der Waals surface area (Å²) < 4.78 is 25.7. The van der Waals surface area contributed by atoms with Crippen molar-refractivity contribution in [3.8, 4) is 0 Å². The quantitative estimate of drug-likeness (QED) is 0.892. The van der Waals surface area contributed by atoms with Crippen LogP contribution in [0.15, 0.2) is 42.5 Å². The first-order valence-corrected chi connectivity index (χ1v) is 10.4. The summed E-state index contributed by atoms with van der Waals surface area (Å²) in [5.74, 6) is 0.0989. The Morgan fingerprint density at radius 1 is 1.12 bits per heavy atom. The summed E-state index contributed by atoms with van der Waals surface area (Å²) in [6, 6.07) is 13.6. The van der Waals surface area contributed by atoms with E-state index in [4.69, 9.17) is 0 Å². The lowest BCUT2D eigenvalue weighted by molar-refractivity contribution is 0.0924. The van der Waals surface area contributed by atoms with Crippen LogP contribution >= 0.6 is 0 Å². The minimum atomic E-state index is -3.14. The molecule has 0 radical (unpaired) electrons. The number of hydrogen-bond donors (Lipinski definition) is 1. The Labute approximate surface area is 149 Å². The lowest BCUT2D eigenvalue weighted by Gasteiger charge is -2.31. The van der Waals surface area contributed by atoms with Crippen LogP contribution in [0, 0.1) is 0 Å². The van der Waals surface area contributed by atoms with E-state index >= 15 is 0 Å². The molecular weight excluding hydrogens is 336 g/mol. The average molecular weight is 360 g/mol. The molecule has 2 aromatic carbocycles. The largest absolute Gasteiger partial charge is 0.349 e. The fourth-order valence-corrected chi connectivity index (χ4v) is 4.81. The normalized spacial score (nSPS) is 16.8. The van der Waals surface area contributed by atoms with Gasteiger partial charge >= 0.3 is 0 Å². The number of carbonyl (C=O) groups excluding carboxylic acids is 1. The van der Waals surface area contributed by atoms with Crippen LogP contribution in [0.2, 0.25) is 0 Å². The minimum Gasteiger partial charge on any atom is -0.349 e. The fraction of sp³-hybridized carbons (Fsp3) is 0.421. The highest BCUT2D eigenvalue weighted by molar-refractivity contribution is 7.89. The summed E-state index contributed by atoms with van der Waals surface area (Å²) in [5, 5.41) is 5.19. The first-order valence-electron chi connectivity index (χ1n) is 8.77. The molecule has 134 valence electrons. The molecule has 25 heavy (non-hydrogen) atoms. The second-order valence-corrected chi connectivity index (χ2v) is 8.61. The molecule has 0 atom stereocenters. The third-order valence-corrected chi connectivity index (χ3v) is 6.73. The molecule has 1 amide bonds. The van der Waals surface area contributed by atoms with E-state index in [0.717, 1.165) is 10.8 Å². The Bertz CT molecular complexity index is 856. The van der Waals surface area contributed by atoms with Gasteiger partial charge in [0.1, 0.15) is 0 Å². The molecule has 0 spiro atoms. The van der Waals surface area contributed by atoms with Crippen LogP contribution in [0.25, 0.3) is 10.8 Å². The Hall–Kier alpha value is -1.92. The zero-order valence-electron chi connectivity index (χ0n) is 14.4. The van der Waals surface area contributed by atoms with E-state index in [1.807, 2.05) is 49.4 Å². The monoisotopic (exact) mass is 360 g/mol. The van der Waals surface area contributed by atoms with Crippen molar-refractivity contribution < 1.29 is 13.2 Å². The number of hydrogen-bond acceptors (Lipinski definition) is 3. The third-order valence-electron chi connectivity index (χ3n) is 4.66. The van der Waals surface area contributed by atoms with Gasteiger partial charge in [-0.05, 0) is 42.2 Å². The molecule has 6 heteroatoms. The topological polar surface area (TPSA) is 66.5 Å². The van der Waals surface area contributed by atoms with Crippen LogP contribution in [-0.4, -0.2) is 43.5 Å². The highest BCUT2D eigenvalue weighted by atomic mass is 32.2. The van der Waals surface area contributed by atoms with Gasteiger partial charge in [-0.15, -0.1) is 0 Å². The molecule has 5 nitrogen and oxygen atoms in total. The number of benzene rings is 2. The van der Waals surface area contributed by atoms with Gasteiger partial charge in [0, 0.05) is 24.7 Å². The van der Waals surface area contributed by atoms with Crippen LogP contribution in [0.3, 0.4) is 0 Å². The molecule has 0 bridgehead atoms. The van der Waals surface area contributed by atoms with Gasteiger partial charge in [0.25, 0.3) is 5.91 Å². The molecule has 0 saturated carbocycles. The molecule has 0 aliphatic carbocycles. The van der Waals surface area contributed by atoms with Gasteiger partial charge in [-0.25, -0.2) is 12.7 Å². The Morgan fingerprint density at radius 3 is 2.48 bits per heavy atom. The van der Waals surface area contributed by atoms with Gasteiger partial charge in [0.2, 0.25) is 10.0 Å². The third kappa shape index (κ3) is 4.19. The number of sulfonamides is 1. The molecule has 1 aliphatic heterocycles. The SMILES string of the molecule is CCCS(=O)(=O)N1CCC(NC(=O)c2ccc3ccccc3c2)CC1. The number of amides is 1. The second-order valence-electron chi connectivity index (χ2n) is 6.52. The molecule has 1 aliphatic rings. The van der Waals surface area contributed by atoms with Gasteiger partial charge in [0.15, 0.2) is 0 Å². The van der Waals surface area contributed by atoms with Crippen LogP contribution < -0.4 is 5.32 Å². The maximum atomic E-state index is 12.5. The zero-order valence-corrected chi connectivity index (χ0v) is 15.3. The van der Waals surface area contributed by atoms with Crippen molar-refractivity contribution in [2.24, 2.45) is 0 Å². The zero-order chi connectivity index (χ0) is 17.9. The number of rotatable bonds is 5. The smallest absolute Gasteiger partial charge is 0.251 e. The molecule has 1 N–H and O–H groups in total. The van der Waals surface area contributed by atoms with Gasteiger partial charge in [-0.2, -0.15) is 0 Å². The van der Waals surface area contributed by atoms with E-state index in [9.17, 15) is 13.2 Å². The fourth-order valence-electron chi connectivity index (χ4n) is 3.26. The molecule has 0 unspecified atom stereocenters. The first kappa shape index (κ1) is 17.9. The maximum absolute atomic E-state index is 12.5. The van der Waals surface area contributed by atoms with Crippen molar-refractivity contribution >= 4 is 26.7 Å². The van der Waals surface area contributed by atoms with Crippen LogP contribution in [0.5, 0.6) is 0 Å². The molecule has 2 aromatic rings. The highest BCUT2D eigenvalue weighted by Gasteiger charge is 2.28. The van der Waals surface area contributed by atoms with Gasteiger partial charge in [-0.1, -0.05) is 37.3 Å². The summed E-state index contributed by atoms with van der Waals surface area (Å²) in [7, 11) is -3.14. The first-order chi connectivity index (χ1) is 12.0. The van der Waals surface area contributed by atoms with Crippen LogP contribution in [-0.2, 0) is 10.0 Å². The summed E-state index contributed by atoms with van der Waals surface area (Å²) in [4.78, 5) is 12.5.